The molecule has 0 spiro atoms. The molecule has 0 aromatic carbocycles. The largest absolute Gasteiger partial charge is 0.505 e. The second-order valence-corrected chi connectivity index (χ2v) is 3.14. The fraction of sp³-hybridized carbons (Fsp3) is 0.143. The topological polar surface area (TPSA) is 83.0 Å². The van der Waals surface area contributed by atoms with E-state index in [1.165, 1.54) is 6.20 Å². The van der Waals surface area contributed by atoms with Gasteiger partial charge in [-0.3, -0.25) is 0 Å². The molecule has 0 amide bonds. The molecule has 0 aliphatic carbocycles. The number of nitrogens with zero attached hydrogens (tertiary/aromatic N) is 1. The Morgan fingerprint density at radius 2 is 2.33 bits per heavy atom. The molecule has 64 valence electrons. The number of nitrogens with two attached hydrogens (primary N) is 1. The summed E-state index contributed by atoms with van der Waals surface area (Å²) in [6.07, 6.45) is 1.24. The van der Waals surface area contributed by atoms with Crippen LogP contribution >= 0.6 is 15.9 Å². The molecule has 1 heterocycles. The number of nitrogens with one attached hydrogen (secondary N) is 1. The van der Waals surface area contributed by atoms with Crippen LogP contribution in [0.15, 0.2) is 10.7 Å². The first kappa shape index (κ1) is 8.99. The minimum Gasteiger partial charge on any atom is -0.505 e. The van der Waals surface area contributed by atoms with Gasteiger partial charge in [0.15, 0.2) is 0 Å². The summed E-state index contributed by atoms with van der Waals surface area (Å²) in [6.45, 7) is 1.58. The summed E-state index contributed by atoms with van der Waals surface area (Å²) >= 11 is 3.12. The highest BCUT2D eigenvalue weighted by molar-refractivity contribution is 9.10. The molecule has 0 aliphatic rings. The molecule has 4 N–H and O–H groups in total. The van der Waals surface area contributed by atoms with Crippen molar-refractivity contribution in [2.24, 2.45) is 0 Å². The second kappa shape index (κ2) is 3.10. The number of pyridine rings is 1. The monoisotopic (exact) mass is 229 g/mol. The normalized spacial score (nSPS) is 9.83. The predicted octanol–water partition coefficient (Wildman–Crippen LogP) is 1.52. The molecular formula is C7H8BrN3O. The molecule has 0 bridgehead atoms. The molecule has 0 unspecified atom stereocenters. The van der Waals surface area contributed by atoms with E-state index in [-0.39, 0.29) is 17.3 Å². The van der Waals surface area contributed by atoms with Crippen LogP contribution in [0.3, 0.4) is 0 Å². The number of rotatable bonds is 1. The molecule has 12 heavy (non-hydrogen) atoms. The molecule has 0 saturated carbocycles. The highest BCUT2D eigenvalue weighted by Crippen LogP contribution is 2.29. The SMILES string of the molecule is CC(=N)c1c(N)ncc(O)c1Br. The standard InChI is InChI=1S/C7H8BrN3O/c1-3(9)5-6(8)4(12)2-11-7(5)10/h2,9,12H,1H3,(H2,10,11). The number of anilines is 1. The first-order valence-electron chi connectivity index (χ1n) is 3.22. The average molecular weight is 230 g/mol. The van der Waals surface area contributed by atoms with Crippen molar-refractivity contribution >= 4 is 27.5 Å². The van der Waals surface area contributed by atoms with Crippen molar-refractivity contribution < 1.29 is 5.11 Å². The van der Waals surface area contributed by atoms with Gasteiger partial charge in [-0.15, -0.1) is 0 Å². The molecule has 0 saturated heterocycles. The molecule has 1 aromatic heterocycles. The maximum absolute atomic E-state index is 9.21. The van der Waals surface area contributed by atoms with Crippen LogP contribution in [-0.2, 0) is 0 Å². The van der Waals surface area contributed by atoms with Gasteiger partial charge in [0.25, 0.3) is 0 Å². The van der Waals surface area contributed by atoms with Gasteiger partial charge in [-0.2, -0.15) is 0 Å². The minimum absolute atomic E-state index is 0.00852. The van der Waals surface area contributed by atoms with Gasteiger partial charge in [0.05, 0.1) is 16.2 Å². The fourth-order valence-electron chi connectivity index (χ4n) is 0.849. The van der Waals surface area contributed by atoms with E-state index in [4.69, 9.17) is 11.1 Å². The van der Waals surface area contributed by atoms with Crippen LogP contribution in [-0.4, -0.2) is 15.8 Å². The molecule has 1 aromatic rings. The summed E-state index contributed by atoms with van der Waals surface area (Å²) < 4.78 is 0.419. The fourth-order valence-corrected chi connectivity index (χ4v) is 1.45. The molecular weight excluding hydrogens is 222 g/mol. The van der Waals surface area contributed by atoms with Gasteiger partial charge in [-0.05, 0) is 22.9 Å². The molecule has 0 atom stereocenters. The lowest BCUT2D eigenvalue weighted by Crippen LogP contribution is -2.03. The summed E-state index contributed by atoms with van der Waals surface area (Å²) in [6, 6.07) is 0. The Morgan fingerprint density at radius 3 is 2.75 bits per heavy atom. The number of hydrogen-bond donors (Lipinski definition) is 3. The van der Waals surface area contributed by atoms with Gasteiger partial charge in [-0.25, -0.2) is 4.98 Å². The van der Waals surface area contributed by atoms with Crippen LogP contribution in [0.25, 0.3) is 0 Å². The Labute approximate surface area is 78.1 Å². The zero-order chi connectivity index (χ0) is 9.30. The van der Waals surface area contributed by atoms with Gasteiger partial charge < -0.3 is 16.2 Å². The van der Waals surface area contributed by atoms with Crippen molar-refractivity contribution in [2.45, 2.75) is 6.92 Å². The first-order chi connectivity index (χ1) is 5.54. The Morgan fingerprint density at radius 1 is 1.75 bits per heavy atom. The molecule has 1 rings (SSSR count). The zero-order valence-electron chi connectivity index (χ0n) is 6.43. The van der Waals surface area contributed by atoms with Gasteiger partial charge >= 0.3 is 0 Å². The average Bonchev–Trinajstić information content (AvgIpc) is 1.97. The van der Waals surface area contributed by atoms with Crippen LogP contribution < -0.4 is 5.73 Å². The number of aromatic hydroxyl groups is 1. The smallest absolute Gasteiger partial charge is 0.148 e. The van der Waals surface area contributed by atoms with Crippen LogP contribution in [0.5, 0.6) is 5.75 Å². The maximum Gasteiger partial charge on any atom is 0.148 e. The van der Waals surface area contributed by atoms with E-state index in [0.29, 0.717) is 10.0 Å². The maximum atomic E-state index is 9.21. The van der Waals surface area contributed by atoms with Crippen molar-refractivity contribution in [3.05, 3.63) is 16.2 Å². The highest BCUT2D eigenvalue weighted by atomic mass is 79.9. The summed E-state index contributed by atoms with van der Waals surface area (Å²) in [5.41, 5.74) is 6.20. The lowest BCUT2D eigenvalue weighted by Gasteiger charge is -2.06. The van der Waals surface area contributed by atoms with Gasteiger partial charge in [0, 0.05) is 5.71 Å². The summed E-state index contributed by atoms with van der Waals surface area (Å²) in [5.74, 6) is 0.234. The zero-order valence-corrected chi connectivity index (χ0v) is 8.01. The van der Waals surface area contributed by atoms with Gasteiger partial charge in [0.2, 0.25) is 0 Å². The predicted molar refractivity (Wildman–Crippen MR) is 50.5 cm³/mol. The van der Waals surface area contributed by atoms with Gasteiger partial charge in [0.1, 0.15) is 11.6 Å². The third kappa shape index (κ3) is 1.40. The van der Waals surface area contributed by atoms with E-state index in [9.17, 15) is 5.11 Å². The molecule has 5 heteroatoms. The Bertz CT molecular complexity index is 338. The summed E-state index contributed by atoms with van der Waals surface area (Å²) in [7, 11) is 0. The highest BCUT2D eigenvalue weighted by Gasteiger charge is 2.11. The molecule has 0 aliphatic heterocycles. The van der Waals surface area contributed by atoms with Crippen molar-refractivity contribution in [3.63, 3.8) is 0 Å². The van der Waals surface area contributed by atoms with Crippen LogP contribution in [0.4, 0.5) is 5.82 Å². The molecule has 0 fully saturated rings. The minimum atomic E-state index is -0.00852. The Kier molecular flexibility index (Phi) is 2.32. The number of aromatic nitrogens is 1. The summed E-state index contributed by atoms with van der Waals surface area (Å²) in [4.78, 5) is 3.72. The van der Waals surface area contributed by atoms with Crippen molar-refractivity contribution in [1.29, 1.82) is 5.41 Å². The van der Waals surface area contributed by atoms with Crippen LogP contribution in [0.2, 0.25) is 0 Å². The van der Waals surface area contributed by atoms with Crippen molar-refractivity contribution in [3.8, 4) is 5.75 Å². The number of halogens is 1. The van der Waals surface area contributed by atoms with E-state index < -0.39 is 0 Å². The third-order valence-corrected chi connectivity index (χ3v) is 2.20. The van der Waals surface area contributed by atoms with Crippen LogP contribution in [0.1, 0.15) is 12.5 Å². The third-order valence-electron chi connectivity index (χ3n) is 1.40. The van der Waals surface area contributed by atoms with E-state index in [2.05, 4.69) is 20.9 Å². The van der Waals surface area contributed by atoms with E-state index in [1.807, 2.05) is 0 Å². The lowest BCUT2D eigenvalue weighted by atomic mass is 10.2. The van der Waals surface area contributed by atoms with Crippen molar-refractivity contribution in [1.82, 2.24) is 4.98 Å². The molecule has 4 nitrogen and oxygen atoms in total. The van der Waals surface area contributed by atoms with E-state index in [1.54, 1.807) is 6.92 Å². The Balaban J connectivity index is 3.43. The van der Waals surface area contributed by atoms with Crippen LogP contribution in [0, 0.1) is 5.41 Å². The summed E-state index contributed by atoms with van der Waals surface area (Å²) in [5, 5.41) is 16.6. The number of nitrogen functional groups attached to an aromatic ring is 1. The lowest BCUT2D eigenvalue weighted by molar-refractivity contribution is 0.469. The Hall–Kier alpha value is -1.10. The first-order valence-corrected chi connectivity index (χ1v) is 4.01. The molecule has 0 radical (unpaired) electrons. The van der Waals surface area contributed by atoms with E-state index in [0.717, 1.165) is 0 Å². The van der Waals surface area contributed by atoms with Crippen molar-refractivity contribution in [2.75, 3.05) is 5.73 Å². The second-order valence-electron chi connectivity index (χ2n) is 2.34. The number of hydrogen-bond acceptors (Lipinski definition) is 4. The van der Waals surface area contributed by atoms with E-state index >= 15 is 0 Å². The quantitative estimate of drug-likeness (QED) is 0.639. The van der Waals surface area contributed by atoms with Gasteiger partial charge in [-0.1, -0.05) is 0 Å².